The Morgan fingerprint density at radius 3 is 1.29 bits per heavy atom. The molecule has 0 atom stereocenters. The summed E-state index contributed by atoms with van der Waals surface area (Å²) in [4.78, 5) is 10.3. The zero-order chi connectivity index (χ0) is 18.7. The molecule has 0 aliphatic heterocycles. The summed E-state index contributed by atoms with van der Waals surface area (Å²) < 4.78 is 0. The van der Waals surface area contributed by atoms with Crippen molar-refractivity contribution in [3.05, 3.63) is 0 Å². The second-order valence-corrected chi connectivity index (χ2v) is 6.36. The van der Waals surface area contributed by atoms with Crippen molar-refractivity contribution in [1.29, 1.82) is 0 Å². The average molecular weight is 350 g/mol. The summed E-state index contributed by atoms with van der Waals surface area (Å²) in [6.07, 6.45) is 17.3. The lowest BCUT2D eigenvalue weighted by atomic mass is 10.0. The third-order valence-electron chi connectivity index (χ3n) is 3.77. The molecule has 0 amide bonds. The predicted octanol–water partition coefficient (Wildman–Crippen LogP) is 3.13. The van der Waals surface area contributed by atoms with E-state index in [1.165, 1.54) is 70.6 Å². The van der Waals surface area contributed by atoms with Crippen molar-refractivity contribution in [1.82, 2.24) is 0 Å². The summed E-state index contributed by atoms with van der Waals surface area (Å²) in [5, 5.41) is 31.9. The van der Waals surface area contributed by atoms with E-state index in [0.29, 0.717) is 6.42 Å². The van der Waals surface area contributed by atoms with Gasteiger partial charge in [-0.3, -0.25) is 4.79 Å². The van der Waals surface area contributed by atoms with Gasteiger partial charge in [0.2, 0.25) is 0 Å². The first kappa shape index (κ1) is 25.5. The molecule has 0 heterocycles. The molecule has 0 bridgehead atoms. The maximum absolute atomic E-state index is 10.3. The van der Waals surface area contributed by atoms with Gasteiger partial charge in [-0.05, 0) is 6.42 Å². The standard InChI is InChI=1S/C16H32O2.C2H7NO3/c1-2-3-4-5-6-7-8-9-10-11-12-13-14-15-16(17)18;3-1-2(4,5)6/h2-15H2,1H3,(H,17,18);4-6H,1,3H2. The van der Waals surface area contributed by atoms with Crippen molar-refractivity contribution in [2.45, 2.75) is 103 Å². The van der Waals surface area contributed by atoms with Gasteiger partial charge >= 0.3 is 5.97 Å². The highest BCUT2D eigenvalue weighted by Crippen LogP contribution is 2.12. The first-order valence-electron chi connectivity index (χ1n) is 9.42. The molecule has 0 saturated heterocycles. The molecule has 146 valence electrons. The molecule has 6 heteroatoms. The van der Waals surface area contributed by atoms with Gasteiger partial charge in [0.1, 0.15) is 0 Å². The van der Waals surface area contributed by atoms with Crippen LogP contribution >= 0.6 is 0 Å². The molecule has 0 radical (unpaired) electrons. The van der Waals surface area contributed by atoms with Crippen molar-refractivity contribution >= 4 is 5.97 Å². The number of hydrogen-bond acceptors (Lipinski definition) is 5. The quantitative estimate of drug-likeness (QED) is 0.228. The van der Waals surface area contributed by atoms with Gasteiger partial charge in [0.05, 0.1) is 6.54 Å². The normalized spacial score (nSPS) is 11.0. The van der Waals surface area contributed by atoms with E-state index in [2.05, 4.69) is 12.7 Å². The fraction of sp³-hybridized carbons (Fsp3) is 0.944. The minimum absolute atomic E-state index is 0.345. The zero-order valence-electron chi connectivity index (χ0n) is 15.4. The Morgan fingerprint density at radius 1 is 0.750 bits per heavy atom. The van der Waals surface area contributed by atoms with Crippen molar-refractivity contribution in [3.63, 3.8) is 0 Å². The number of rotatable bonds is 15. The second-order valence-electron chi connectivity index (χ2n) is 6.36. The lowest BCUT2D eigenvalue weighted by Crippen LogP contribution is -2.36. The smallest absolute Gasteiger partial charge is 0.303 e. The van der Waals surface area contributed by atoms with Gasteiger partial charge in [0.15, 0.2) is 0 Å². The monoisotopic (exact) mass is 349 g/mol. The number of hydrogen-bond donors (Lipinski definition) is 5. The molecular weight excluding hydrogens is 310 g/mol. The van der Waals surface area contributed by atoms with Crippen LogP contribution in [0.15, 0.2) is 0 Å². The van der Waals surface area contributed by atoms with Gasteiger partial charge in [-0.15, -0.1) is 0 Å². The van der Waals surface area contributed by atoms with E-state index in [0.717, 1.165) is 12.8 Å². The number of carboxylic acid groups (broad SMARTS) is 1. The van der Waals surface area contributed by atoms with E-state index < -0.39 is 18.5 Å². The summed E-state index contributed by atoms with van der Waals surface area (Å²) in [5.74, 6) is -3.34. The molecular formula is C18H39NO5. The summed E-state index contributed by atoms with van der Waals surface area (Å²) in [7, 11) is 0. The van der Waals surface area contributed by atoms with Crippen LogP contribution in [0.4, 0.5) is 0 Å². The highest BCUT2D eigenvalue weighted by atomic mass is 16.7. The molecule has 0 aromatic rings. The second kappa shape index (κ2) is 18.6. The molecule has 0 aliphatic rings. The van der Waals surface area contributed by atoms with Crippen LogP contribution in [0, 0.1) is 0 Å². The van der Waals surface area contributed by atoms with E-state index in [1.54, 1.807) is 0 Å². The van der Waals surface area contributed by atoms with Crippen LogP contribution in [0.2, 0.25) is 0 Å². The molecule has 0 aromatic heterocycles. The first-order chi connectivity index (χ1) is 11.3. The van der Waals surface area contributed by atoms with E-state index in [1.807, 2.05) is 0 Å². The van der Waals surface area contributed by atoms with Crippen LogP contribution in [0.3, 0.4) is 0 Å². The van der Waals surface area contributed by atoms with Crippen LogP contribution in [0.25, 0.3) is 0 Å². The Hall–Kier alpha value is -0.690. The van der Waals surface area contributed by atoms with Crippen LogP contribution < -0.4 is 5.73 Å². The molecule has 6 N–H and O–H groups in total. The minimum atomic E-state index is -2.68. The van der Waals surface area contributed by atoms with Gasteiger partial charge < -0.3 is 26.2 Å². The molecule has 24 heavy (non-hydrogen) atoms. The van der Waals surface area contributed by atoms with Gasteiger partial charge in [0, 0.05) is 6.42 Å². The van der Waals surface area contributed by atoms with Crippen molar-refractivity contribution in [3.8, 4) is 0 Å². The van der Waals surface area contributed by atoms with Crippen molar-refractivity contribution < 1.29 is 25.2 Å². The number of nitrogens with two attached hydrogens (primary N) is 1. The van der Waals surface area contributed by atoms with E-state index in [9.17, 15) is 4.79 Å². The minimum Gasteiger partial charge on any atom is -0.481 e. The van der Waals surface area contributed by atoms with Crippen LogP contribution in [-0.4, -0.2) is 38.9 Å². The first-order valence-corrected chi connectivity index (χ1v) is 9.42. The molecule has 0 aliphatic carbocycles. The number of unbranched alkanes of at least 4 members (excludes halogenated alkanes) is 12. The fourth-order valence-corrected chi connectivity index (χ4v) is 2.29. The highest BCUT2D eigenvalue weighted by Gasteiger charge is 2.12. The van der Waals surface area contributed by atoms with Crippen molar-refractivity contribution in [2.24, 2.45) is 5.73 Å². The maximum atomic E-state index is 10.3. The third-order valence-corrected chi connectivity index (χ3v) is 3.77. The third kappa shape index (κ3) is 29.3. The van der Waals surface area contributed by atoms with E-state index in [4.69, 9.17) is 20.4 Å². The summed E-state index contributed by atoms with van der Waals surface area (Å²) in [6, 6.07) is 0. The molecule has 0 unspecified atom stereocenters. The zero-order valence-corrected chi connectivity index (χ0v) is 15.4. The number of aliphatic carboxylic acids is 1. The highest BCUT2D eigenvalue weighted by molar-refractivity contribution is 5.66. The average Bonchev–Trinajstić information content (AvgIpc) is 2.51. The van der Waals surface area contributed by atoms with E-state index in [-0.39, 0.29) is 0 Å². The summed E-state index contributed by atoms with van der Waals surface area (Å²) >= 11 is 0. The van der Waals surface area contributed by atoms with Crippen LogP contribution in [0.5, 0.6) is 0 Å². The van der Waals surface area contributed by atoms with Gasteiger partial charge in [0.25, 0.3) is 5.97 Å². The van der Waals surface area contributed by atoms with Gasteiger partial charge in [-0.25, -0.2) is 0 Å². The van der Waals surface area contributed by atoms with E-state index >= 15 is 0 Å². The molecule has 0 fully saturated rings. The lowest BCUT2D eigenvalue weighted by molar-refractivity contribution is -0.302. The molecule has 0 rings (SSSR count). The Kier molecular flexibility index (Phi) is 19.8. The predicted molar refractivity (Wildman–Crippen MR) is 96.4 cm³/mol. The maximum Gasteiger partial charge on any atom is 0.303 e. The van der Waals surface area contributed by atoms with Crippen molar-refractivity contribution in [2.75, 3.05) is 6.54 Å². The largest absolute Gasteiger partial charge is 0.481 e. The Morgan fingerprint density at radius 2 is 1.04 bits per heavy atom. The molecule has 0 spiro atoms. The molecule has 6 nitrogen and oxygen atoms in total. The van der Waals surface area contributed by atoms with Gasteiger partial charge in [-0.1, -0.05) is 84.0 Å². The Bertz CT molecular complexity index is 267. The van der Waals surface area contributed by atoms with Gasteiger partial charge in [-0.2, -0.15) is 0 Å². The SMILES string of the molecule is CCCCCCCCCCCCCCCC(=O)O.NCC(O)(O)O. The molecule has 0 aromatic carbocycles. The van der Waals surface area contributed by atoms with Crippen LogP contribution in [-0.2, 0) is 4.79 Å². The number of carboxylic acids is 1. The molecule has 0 saturated carbocycles. The number of carbonyl (C=O) groups is 1. The summed E-state index contributed by atoms with van der Waals surface area (Å²) in [5.41, 5.74) is 4.56. The fourth-order valence-electron chi connectivity index (χ4n) is 2.29. The topological polar surface area (TPSA) is 124 Å². The lowest BCUT2D eigenvalue weighted by Gasteiger charge is -2.07. The number of aliphatic hydroxyl groups is 3. The Labute approximate surface area is 147 Å². The Balaban J connectivity index is 0. The van der Waals surface area contributed by atoms with Crippen LogP contribution in [0.1, 0.15) is 96.8 Å². The summed E-state index contributed by atoms with van der Waals surface area (Å²) in [6.45, 7) is 1.70.